The molecule has 2 aromatic heterocycles. The normalized spacial score (nSPS) is 14.8. The average Bonchev–Trinajstić information content (AvgIpc) is 3.31. The standard InChI is InChI=1S/C21H22N2O5S2/c1-2-27-21(26)23-9-7-13(8-10-23)22-18(24)12-28-20(25)17-11-16-19(30-17)14-5-3-4-6-15(14)29-16/h3-6,11,13H,2,7-10,12H2,1H3,(H,22,24). The van der Waals surface area contributed by atoms with Crippen molar-refractivity contribution in [2.75, 3.05) is 26.3 Å². The molecule has 158 valence electrons. The molecule has 1 N–H and O–H groups in total. The van der Waals surface area contributed by atoms with Gasteiger partial charge in [-0.05, 0) is 31.9 Å². The van der Waals surface area contributed by atoms with E-state index in [0.29, 0.717) is 37.4 Å². The van der Waals surface area contributed by atoms with Crippen LogP contribution in [0, 0.1) is 0 Å². The predicted octanol–water partition coefficient (Wildman–Crippen LogP) is 4.01. The van der Waals surface area contributed by atoms with Crippen molar-refractivity contribution < 1.29 is 23.9 Å². The summed E-state index contributed by atoms with van der Waals surface area (Å²) in [6, 6.07) is 9.87. The van der Waals surface area contributed by atoms with Gasteiger partial charge in [0.1, 0.15) is 4.88 Å². The largest absolute Gasteiger partial charge is 0.451 e. The lowest BCUT2D eigenvalue weighted by atomic mass is 10.1. The molecule has 2 amide bonds. The number of likely N-dealkylation sites (tertiary alicyclic amines) is 1. The van der Waals surface area contributed by atoms with Crippen molar-refractivity contribution in [1.82, 2.24) is 10.2 Å². The van der Waals surface area contributed by atoms with Gasteiger partial charge in [0, 0.05) is 33.9 Å². The third-order valence-electron chi connectivity index (χ3n) is 4.97. The van der Waals surface area contributed by atoms with Crippen molar-refractivity contribution in [3.05, 3.63) is 35.2 Å². The quantitative estimate of drug-likeness (QED) is 0.599. The van der Waals surface area contributed by atoms with E-state index in [1.807, 2.05) is 24.3 Å². The van der Waals surface area contributed by atoms with Crippen LogP contribution in [0.2, 0.25) is 0 Å². The van der Waals surface area contributed by atoms with Gasteiger partial charge in [0.2, 0.25) is 0 Å². The number of carbonyl (C=O) groups excluding carboxylic acids is 3. The molecular formula is C21H22N2O5S2. The Hall–Kier alpha value is -2.65. The first-order valence-corrected chi connectivity index (χ1v) is 11.5. The summed E-state index contributed by atoms with van der Waals surface area (Å²) in [6.45, 7) is 2.86. The Balaban J connectivity index is 1.26. The minimum Gasteiger partial charge on any atom is -0.451 e. The Kier molecular flexibility index (Phi) is 6.19. The molecule has 1 aliphatic heterocycles. The van der Waals surface area contributed by atoms with Crippen molar-refractivity contribution in [3.63, 3.8) is 0 Å². The van der Waals surface area contributed by atoms with Crippen molar-refractivity contribution in [2.45, 2.75) is 25.8 Å². The van der Waals surface area contributed by atoms with E-state index >= 15 is 0 Å². The first kappa shape index (κ1) is 20.6. The van der Waals surface area contributed by atoms with E-state index in [9.17, 15) is 14.4 Å². The Morgan fingerprint density at radius 1 is 1.10 bits per heavy atom. The molecule has 1 fully saturated rings. The van der Waals surface area contributed by atoms with Crippen molar-refractivity contribution in [2.24, 2.45) is 0 Å². The highest BCUT2D eigenvalue weighted by Crippen LogP contribution is 2.39. The highest BCUT2D eigenvalue weighted by atomic mass is 32.1. The first-order valence-electron chi connectivity index (χ1n) is 9.84. The number of nitrogens with one attached hydrogen (secondary N) is 1. The minimum absolute atomic E-state index is 0.0414. The van der Waals surface area contributed by atoms with Crippen LogP contribution < -0.4 is 5.32 Å². The fraction of sp³-hybridized carbons (Fsp3) is 0.381. The molecule has 7 nitrogen and oxygen atoms in total. The predicted molar refractivity (Wildman–Crippen MR) is 117 cm³/mol. The van der Waals surface area contributed by atoms with Crippen LogP contribution in [0.5, 0.6) is 0 Å². The minimum atomic E-state index is -0.486. The van der Waals surface area contributed by atoms with Crippen LogP contribution in [0.3, 0.4) is 0 Å². The number of benzene rings is 1. The SMILES string of the molecule is CCOC(=O)N1CCC(NC(=O)COC(=O)c2cc3sc4ccccc4c3s2)CC1. The number of thiophene rings is 2. The van der Waals surface area contributed by atoms with Crippen molar-refractivity contribution in [1.29, 1.82) is 0 Å². The van der Waals surface area contributed by atoms with Gasteiger partial charge < -0.3 is 19.7 Å². The number of hydrogen-bond donors (Lipinski definition) is 1. The molecule has 0 bridgehead atoms. The van der Waals surface area contributed by atoms with E-state index in [4.69, 9.17) is 9.47 Å². The summed E-state index contributed by atoms with van der Waals surface area (Å²) in [7, 11) is 0. The second-order valence-electron chi connectivity index (χ2n) is 7.01. The van der Waals surface area contributed by atoms with Gasteiger partial charge in [0.15, 0.2) is 6.61 Å². The molecule has 0 unspecified atom stereocenters. The summed E-state index contributed by atoms with van der Waals surface area (Å²) < 4.78 is 13.5. The van der Waals surface area contributed by atoms with Gasteiger partial charge in [-0.25, -0.2) is 9.59 Å². The second kappa shape index (κ2) is 9.01. The molecule has 0 radical (unpaired) electrons. The van der Waals surface area contributed by atoms with Gasteiger partial charge in [0.25, 0.3) is 5.91 Å². The van der Waals surface area contributed by atoms with Gasteiger partial charge >= 0.3 is 12.1 Å². The van der Waals surface area contributed by atoms with Crippen LogP contribution in [0.25, 0.3) is 19.5 Å². The maximum absolute atomic E-state index is 12.4. The fourth-order valence-corrected chi connectivity index (χ4v) is 5.91. The summed E-state index contributed by atoms with van der Waals surface area (Å²) >= 11 is 3.03. The van der Waals surface area contributed by atoms with Gasteiger partial charge in [0.05, 0.1) is 11.3 Å². The number of fused-ring (bicyclic) bond motifs is 3. The number of hydrogen-bond acceptors (Lipinski definition) is 7. The van der Waals surface area contributed by atoms with Crippen LogP contribution in [-0.4, -0.2) is 55.2 Å². The summed E-state index contributed by atoms with van der Waals surface area (Å²) in [6.07, 6.45) is 0.972. The van der Waals surface area contributed by atoms with E-state index in [2.05, 4.69) is 11.4 Å². The lowest BCUT2D eigenvalue weighted by Crippen LogP contribution is -2.47. The molecule has 1 saturated heterocycles. The molecule has 0 aliphatic carbocycles. The van der Waals surface area contributed by atoms with E-state index < -0.39 is 5.97 Å². The van der Waals surface area contributed by atoms with Gasteiger partial charge in [-0.15, -0.1) is 22.7 Å². The molecule has 1 aliphatic rings. The van der Waals surface area contributed by atoms with Crippen LogP contribution in [0.15, 0.2) is 30.3 Å². The smallest absolute Gasteiger partial charge is 0.409 e. The molecule has 0 saturated carbocycles. The van der Waals surface area contributed by atoms with E-state index in [1.54, 1.807) is 23.2 Å². The maximum atomic E-state index is 12.4. The zero-order valence-corrected chi connectivity index (χ0v) is 18.1. The molecular weight excluding hydrogens is 424 g/mol. The molecule has 9 heteroatoms. The zero-order chi connectivity index (χ0) is 21.1. The number of esters is 1. The third kappa shape index (κ3) is 4.41. The van der Waals surface area contributed by atoms with Crippen LogP contribution in [0.4, 0.5) is 4.79 Å². The average molecular weight is 447 g/mol. The van der Waals surface area contributed by atoms with Crippen LogP contribution in [-0.2, 0) is 14.3 Å². The summed E-state index contributed by atoms with van der Waals surface area (Å²) in [5, 5.41) is 4.01. The van der Waals surface area contributed by atoms with E-state index in [-0.39, 0.29) is 24.6 Å². The third-order valence-corrected chi connectivity index (χ3v) is 7.37. The number of amides is 2. The molecule has 1 aromatic carbocycles. The Bertz CT molecular complexity index is 1080. The van der Waals surface area contributed by atoms with Gasteiger partial charge in [-0.1, -0.05) is 18.2 Å². The summed E-state index contributed by atoms with van der Waals surface area (Å²) in [5.74, 6) is -0.818. The van der Waals surface area contributed by atoms with E-state index in [0.717, 1.165) is 14.8 Å². The Morgan fingerprint density at radius 3 is 2.63 bits per heavy atom. The lowest BCUT2D eigenvalue weighted by Gasteiger charge is -2.31. The number of nitrogens with zero attached hydrogens (tertiary/aromatic N) is 1. The molecule has 30 heavy (non-hydrogen) atoms. The van der Waals surface area contributed by atoms with Gasteiger partial charge in [-0.2, -0.15) is 0 Å². The maximum Gasteiger partial charge on any atom is 0.409 e. The highest BCUT2D eigenvalue weighted by Gasteiger charge is 2.25. The lowest BCUT2D eigenvalue weighted by molar-refractivity contribution is -0.125. The molecule has 3 aromatic rings. The molecule has 3 heterocycles. The number of carbonyl (C=O) groups is 3. The zero-order valence-electron chi connectivity index (χ0n) is 16.5. The van der Waals surface area contributed by atoms with Crippen LogP contribution >= 0.6 is 22.7 Å². The van der Waals surface area contributed by atoms with Gasteiger partial charge in [-0.3, -0.25) is 4.79 Å². The molecule has 0 spiro atoms. The highest BCUT2D eigenvalue weighted by molar-refractivity contribution is 7.33. The number of piperidine rings is 1. The first-order chi connectivity index (χ1) is 14.5. The number of ether oxygens (including phenoxy) is 2. The Labute approximate surface area is 181 Å². The topological polar surface area (TPSA) is 84.9 Å². The fourth-order valence-electron chi connectivity index (χ4n) is 3.49. The monoisotopic (exact) mass is 446 g/mol. The summed E-state index contributed by atoms with van der Waals surface area (Å²) in [5.41, 5.74) is 0. The van der Waals surface area contributed by atoms with Crippen molar-refractivity contribution >= 4 is 60.1 Å². The second-order valence-corrected chi connectivity index (χ2v) is 9.14. The van der Waals surface area contributed by atoms with E-state index in [1.165, 1.54) is 16.0 Å². The molecule has 0 atom stereocenters. The van der Waals surface area contributed by atoms with Crippen molar-refractivity contribution in [3.8, 4) is 0 Å². The molecule has 4 rings (SSSR count). The van der Waals surface area contributed by atoms with Crippen LogP contribution in [0.1, 0.15) is 29.4 Å². The summed E-state index contributed by atoms with van der Waals surface area (Å²) in [4.78, 5) is 38.4. The number of rotatable bonds is 5. The Morgan fingerprint density at radius 2 is 1.87 bits per heavy atom.